The maximum Gasteiger partial charge on any atom is 0.0745 e. The van der Waals surface area contributed by atoms with Gasteiger partial charge in [-0.2, -0.15) is 5.10 Å². The fourth-order valence-electron chi connectivity index (χ4n) is 3.98. The van der Waals surface area contributed by atoms with E-state index in [9.17, 15) is 0 Å². The highest BCUT2D eigenvalue weighted by atomic mass is 15.3. The summed E-state index contributed by atoms with van der Waals surface area (Å²) in [4.78, 5) is 4.49. The predicted octanol–water partition coefficient (Wildman–Crippen LogP) is 2.51. The number of pyridine rings is 1. The number of nitrogens with one attached hydrogen (secondary N) is 1. The molecule has 1 aliphatic heterocycles. The first-order valence-corrected chi connectivity index (χ1v) is 7.21. The summed E-state index contributed by atoms with van der Waals surface area (Å²) in [5.41, 5.74) is 7.25. The number of hydrogen-bond acceptors (Lipinski definition) is 3. The number of nitrogens with zero attached hydrogens (tertiary/aromatic N) is 2. The summed E-state index contributed by atoms with van der Waals surface area (Å²) in [7, 11) is 0. The highest BCUT2D eigenvalue weighted by Crippen LogP contribution is 2.38. The second-order valence-corrected chi connectivity index (χ2v) is 5.84. The fraction of sp³-hybridized carbons (Fsp3) is 0.600. The molecule has 0 bridgehead atoms. The van der Waals surface area contributed by atoms with E-state index in [4.69, 9.17) is 0 Å². The van der Waals surface area contributed by atoms with Crippen LogP contribution in [0.5, 0.6) is 0 Å². The Morgan fingerprint density at radius 2 is 2.06 bits per heavy atom. The van der Waals surface area contributed by atoms with Gasteiger partial charge in [0, 0.05) is 23.4 Å². The van der Waals surface area contributed by atoms with Crippen molar-refractivity contribution in [2.24, 2.45) is 16.9 Å². The molecule has 94 valence electrons. The summed E-state index contributed by atoms with van der Waals surface area (Å²) in [5, 5.41) is 4.65. The lowest BCUT2D eigenvalue weighted by molar-refractivity contribution is 0.320. The maximum absolute atomic E-state index is 4.65. The molecule has 4 rings (SSSR count). The maximum atomic E-state index is 4.65. The van der Waals surface area contributed by atoms with Crippen LogP contribution in [-0.4, -0.2) is 16.7 Å². The molecule has 3 aliphatic rings. The molecular weight excluding hydrogens is 222 g/mol. The molecular formula is C15H19N3. The van der Waals surface area contributed by atoms with Crippen LogP contribution < -0.4 is 5.43 Å². The summed E-state index contributed by atoms with van der Waals surface area (Å²) in [6, 6.07) is 4.81. The molecule has 0 spiro atoms. The van der Waals surface area contributed by atoms with Crippen LogP contribution in [0.1, 0.15) is 43.4 Å². The highest BCUT2D eigenvalue weighted by Gasteiger charge is 2.40. The van der Waals surface area contributed by atoms with Gasteiger partial charge in [0.05, 0.1) is 11.8 Å². The molecule has 2 aliphatic carbocycles. The Morgan fingerprint density at radius 1 is 1.17 bits per heavy atom. The van der Waals surface area contributed by atoms with E-state index in [0.717, 1.165) is 12.3 Å². The van der Waals surface area contributed by atoms with Crippen molar-refractivity contribution in [3.63, 3.8) is 0 Å². The lowest BCUT2D eigenvalue weighted by atomic mass is 9.77. The van der Waals surface area contributed by atoms with Gasteiger partial charge in [-0.05, 0) is 43.7 Å². The zero-order valence-electron chi connectivity index (χ0n) is 10.6. The summed E-state index contributed by atoms with van der Waals surface area (Å²) < 4.78 is 0. The van der Waals surface area contributed by atoms with E-state index < -0.39 is 0 Å². The van der Waals surface area contributed by atoms with E-state index in [1.165, 1.54) is 49.1 Å². The van der Waals surface area contributed by atoms with Crippen LogP contribution >= 0.6 is 0 Å². The molecule has 0 amide bonds. The van der Waals surface area contributed by atoms with E-state index in [-0.39, 0.29) is 0 Å². The van der Waals surface area contributed by atoms with Gasteiger partial charge >= 0.3 is 0 Å². The second-order valence-electron chi connectivity index (χ2n) is 5.84. The third kappa shape index (κ3) is 1.49. The van der Waals surface area contributed by atoms with Crippen molar-refractivity contribution in [3.05, 3.63) is 29.6 Å². The Morgan fingerprint density at radius 3 is 2.94 bits per heavy atom. The molecule has 1 N–H and O–H groups in total. The summed E-state index contributed by atoms with van der Waals surface area (Å²) >= 11 is 0. The number of rotatable bonds is 1. The van der Waals surface area contributed by atoms with E-state index in [0.29, 0.717) is 12.0 Å². The molecule has 0 unspecified atom stereocenters. The van der Waals surface area contributed by atoms with Crippen molar-refractivity contribution >= 4 is 5.71 Å². The van der Waals surface area contributed by atoms with Crippen LogP contribution in [0.4, 0.5) is 0 Å². The number of hydrazone groups is 1. The number of aryl methyl sites for hydroxylation is 1. The Balaban J connectivity index is 1.65. The monoisotopic (exact) mass is 241 g/mol. The van der Waals surface area contributed by atoms with Gasteiger partial charge in [0.1, 0.15) is 0 Å². The first kappa shape index (κ1) is 10.5. The van der Waals surface area contributed by atoms with Crippen LogP contribution in [0.25, 0.3) is 0 Å². The Hall–Kier alpha value is -1.38. The SMILES string of the molecule is c1cnc2c(c1)C1=NN[C@@H](C3CCCC3)[C@H]1CC2. The zero-order chi connectivity index (χ0) is 11.9. The van der Waals surface area contributed by atoms with Crippen molar-refractivity contribution < 1.29 is 0 Å². The van der Waals surface area contributed by atoms with Crippen molar-refractivity contribution in [1.29, 1.82) is 0 Å². The average molecular weight is 241 g/mol. The van der Waals surface area contributed by atoms with Gasteiger partial charge in [0.2, 0.25) is 0 Å². The van der Waals surface area contributed by atoms with Crippen molar-refractivity contribution in [2.75, 3.05) is 0 Å². The standard InChI is InChI=1S/C15H19N3/c1-2-5-10(4-1)14-12-7-8-13-11(6-3-9-16-13)15(12)18-17-14/h3,6,9-10,12,14,17H,1-2,4-5,7-8H2/t12-,14+/m1/s1. The van der Waals surface area contributed by atoms with Crippen LogP contribution in [0.15, 0.2) is 23.4 Å². The molecule has 2 atom stereocenters. The molecule has 2 heterocycles. The molecule has 3 heteroatoms. The first-order valence-electron chi connectivity index (χ1n) is 7.21. The molecule has 0 radical (unpaired) electrons. The van der Waals surface area contributed by atoms with Crippen LogP contribution in [0.2, 0.25) is 0 Å². The summed E-state index contributed by atoms with van der Waals surface area (Å²) in [6.45, 7) is 0. The Labute approximate surface area is 108 Å². The summed E-state index contributed by atoms with van der Waals surface area (Å²) in [6.07, 6.45) is 9.82. The third-order valence-electron chi connectivity index (χ3n) is 4.88. The molecule has 1 aromatic heterocycles. The Kier molecular flexibility index (Phi) is 2.39. The van der Waals surface area contributed by atoms with Crippen LogP contribution in [-0.2, 0) is 6.42 Å². The minimum atomic E-state index is 0.593. The second kappa shape index (κ2) is 4.08. The fourth-order valence-corrected chi connectivity index (χ4v) is 3.98. The van der Waals surface area contributed by atoms with Gasteiger partial charge in [0.15, 0.2) is 0 Å². The quantitative estimate of drug-likeness (QED) is 0.820. The average Bonchev–Trinajstić information content (AvgIpc) is 3.07. The Bertz CT molecular complexity index is 488. The van der Waals surface area contributed by atoms with Crippen molar-refractivity contribution in [2.45, 2.75) is 44.6 Å². The largest absolute Gasteiger partial charge is 0.306 e. The zero-order valence-corrected chi connectivity index (χ0v) is 10.6. The minimum Gasteiger partial charge on any atom is -0.306 e. The van der Waals surface area contributed by atoms with E-state index in [1.54, 1.807) is 0 Å². The number of fused-ring (bicyclic) bond motifs is 3. The van der Waals surface area contributed by atoms with Gasteiger partial charge in [-0.15, -0.1) is 0 Å². The topological polar surface area (TPSA) is 37.3 Å². The first-order chi connectivity index (χ1) is 8.93. The summed E-state index contributed by atoms with van der Waals surface area (Å²) in [5.74, 6) is 1.47. The highest BCUT2D eigenvalue weighted by molar-refractivity contribution is 6.05. The molecule has 1 fully saturated rings. The van der Waals surface area contributed by atoms with Gasteiger partial charge in [-0.1, -0.05) is 12.8 Å². The van der Waals surface area contributed by atoms with Gasteiger partial charge < -0.3 is 5.43 Å². The third-order valence-corrected chi connectivity index (χ3v) is 4.88. The van der Waals surface area contributed by atoms with E-state index >= 15 is 0 Å². The molecule has 3 nitrogen and oxygen atoms in total. The smallest absolute Gasteiger partial charge is 0.0745 e. The minimum absolute atomic E-state index is 0.593. The molecule has 18 heavy (non-hydrogen) atoms. The van der Waals surface area contributed by atoms with Crippen molar-refractivity contribution in [1.82, 2.24) is 10.4 Å². The molecule has 0 saturated heterocycles. The van der Waals surface area contributed by atoms with Gasteiger partial charge in [-0.25, -0.2) is 0 Å². The lowest BCUT2D eigenvalue weighted by Gasteiger charge is -2.29. The van der Waals surface area contributed by atoms with E-state index in [2.05, 4.69) is 21.6 Å². The van der Waals surface area contributed by atoms with Crippen LogP contribution in [0, 0.1) is 11.8 Å². The predicted molar refractivity (Wildman–Crippen MR) is 71.5 cm³/mol. The molecule has 1 aromatic rings. The van der Waals surface area contributed by atoms with Crippen LogP contribution in [0.3, 0.4) is 0 Å². The van der Waals surface area contributed by atoms with E-state index in [1.807, 2.05) is 12.3 Å². The normalized spacial score (nSPS) is 30.6. The number of aromatic nitrogens is 1. The van der Waals surface area contributed by atoms with Gasteiger partial charge in [-0.3, -0.25) is 4.98 Å². The molecule has 1 saturated carbocycles. The van der Waals surface area contributed by atoms with Crippen molar-refractivity contribution in [3.8, 4) is 0 Å². The van der Waals surface area contributed by atoms with Gasteiger partial charge in [0.25, 0.3) is 0 Å². The number of hydrogen-bond donors (Lipinski definition) is 1. The molecule has 0 aromatic carbocycles. The lowest BCUT2D eigenvalue weighted by Crippen LogP contribution is -2.38.